The fourth-order valence-electron chi connectivity index (χ4n) is 2.44. The number of ether oxygens (including phenoxy) is 1. The van der Waals surface area contributed by atoms with Crippen molar-refractivity contribution < 1.29 is 29.3 Å². The molecular weight excluding hydrogens is 340 g/mol. The Morgan fingerprint density at radius 2 is 1.65 bits per heavy atom. The average molecular weight is 366 g/mol. The SMILES string of the molecule is CCCN(CCC)c1ccc(OC(=O)N[C@@H](CCC(=O)O)C(=O)O)cc1. The van der Waals surface area contributed by atoms with Gasteiger partial charge in [-0.05, 0) is 43.5 Å². The first-order valence-corrected chi connectivity index (χ1v) is 8.65. The van der Waals surface area contributed by atoms with Gasteiger partial charge in [0.1, 0.15) is 11.8 Å². The largest absolute Gasteiger partial charge is 0.481 e. The maximum absolute atomic E-state index is 11.8. The standard InChI is InChI=1S/C18H26N2O6/c1-3-11-20(12-4-2)13-5-7-14(8-6-13)26-18(25)19-15(17(23)24)9-10-16(21)22/h5-8,15H,3-4,9-12H2,1-2H3,(H,19,25)(H,21,22)(H,23,24)/t15-/m0/s1. The van der Waals surface area contributed by atoms with Crippen LogP contribution < -0.4 is 15.0 Å². The fraction of sp³-hybridized carbons (Fsp3) is 0.500. The normalized spacial score (nSPS) is 11.5. The quantitative estimate of drug-likeness (QED) is 0.551. The summed E-state index contributed by atoms with van der Waals surface area (Å²) in [6.45, 7) is 6.07. The van der Waals surface area contributed by atoms with Crippen molar-refractivity contribution in [2.24, 2.45) is 0 Å². The number of amides is 1. The molecule has 0 aromatic heterocycles. The Labute approximate surface area is 152 Å². The monoisotopic (exact) mass is 366 g/mol. The first-order chi connectivity index (χ1) is 12.4. The van der Waals surface area contributed by atoms with Crippen molar-refractivity contribution in [1.29, 1.82) is 0 Å². The molecule has 1 rings (SSSR count). The molecule has 0 aliphatic carbocycles. The first-order valence-electron chi connectivity index (χ1n) is 8.65. The number of benzene rings is 1. The lowest BCUT2D eigenvalue weighted by molar-refractivity contribution is -0.140. The van der Waals surface area contributed by atoms with Gasteiger partial charge in [0.25, 0.3) is 0 Å². The molecule has 1 aromatic rings. The van der Waals surface area contributed by atoms with E-state index in [9.17, 15) is 14.4 Å². The second-order valence-electron chi connectivity index (χ2n) is 5.84. The Morgan fingerprint density at radius 3 is 2.12 bits per heavy atom. The minimum absolute atomic E-state index is 0.221. The lowest BCUT2D eigenvalue weighted by Crippen LogP contribution is -2.42. The van der Waals surface area contributed by atoms with E-state index in [-0.39, 0.29) is 18.6 Å². The number of aliphatic carboxylic acids is 2. The van der Waals surface area contributed by atoms with Crippen molar-refractivity contribution in [1.82, 2.24) is 5.32 Å². The van der Waals surface area contributed by atoms with Crippen molar-refractivity contribution in [3.63, 3.8) is 0 Å². The van der Waals surface area contributed by atoms with Gasteiger partial charge in [0.05, 0.1) is 0 Å². The summed E-state index contributed by atoms with van der Waals surface area (Å²) in [5.74, 6) is -2.17. The van der Waals surface area contributed by atoms with Gasteiger partial charge in [-0.1, -0.05) is 13.8 Å². The van der Waals surface area contributed by atoms with Crippen LogP contribution in [0.4, 0.5) is 10.5 Å². The van der Waals surface area contributed by atoms with Crippen LogP contribution in [0.2, 0.25) is 0 Å². The first kappa shape index (κ1) is 21.3. The molecule has 8 nitrogen and oxygen atoms in total. The second-order valence-corrected chi connectivity index (χ2v) is 5.84. The predicted octanol–water partition coefficient (Wildman–Crippen LogP) is 2.72. The van der Waals surface area contributed by atoms with Gasteiger partial charge in [0, 0.05) is 25.2 Å². The zero-order valence-corrected chi connectivity index (χ0v) is 15.1. The number of carboxylic acids is 2. The maximum Gasteiger partial charge on any atom is 0.413 e. The van der Waals surface area contributed by atoms with Crippen LogP contribution in [-0.4, -0.2) is 47.4 Å². The van der Waals surface area contributed by atoms with E-state index in [0.717, 1.165) is 31.6 Å². The van der Waals surface area contributed by atoms with Crippen molar-refractivity contribution in [3.05, 3.63) is 24.3 Å². The number of nitrogens with one attached hydrogen (secondary N) is 1. The number of carbonyl (C=O) groups is 3. The minimum Gasteiger partial charge on any atom is -0.481 e. The molecule has 0 unspecified atom stereocenters. The number of anilines is 1. The smallest absolute Gasteiger partial charge is 0.413 e. The molecule has 0 heterocycles. The molecule has 0 bridgehead atoms. The average Bonchev–Trinajstić information content (AvgIpc) is 2.58. The number of nitrogens with zero attached hydrogens (tertiary/aromatic N) is 1. The third-order valence-corrected chi connectivity index (χ3v) is 3.64. The molecular formula is C18H26N2O6. The Balaban J connectivity index is 2.65. The molecule has 3 N–H and O–H groups in total. The van der Waals surface area contributed by atoms with E-state index in [0.29, 0.717) is 0 Å². The predicted molar refractivity (Wildman–Crippen MR) is 96.7 cm³/mol. The van der Waals surface area contributed by atoms with Crippen LogP contribution in [-0.2, 0) is 9.59 Å². The van der Waals surface area contributed by atoms with E-state index < -0.39 is 24.1 Å². The van der Waals surface area contributed by atoms with Crippen LogP contribution in [0.25, 0.3) is 0 Å². The molecule has 0 aliphatic heterocycles. The molecule has 0 aliphatic rings. The summed E-state index contributed by atoms with van der Waals surface area (Å²) in [5, 5.41) is 19.8. The highest BCUT2D eigenvalue weighted by atomic mass is 16.6. The van der Waals surface area contributed by atoms with E-state index in [2.05, 4.69) is 24.1 Å². The van der Waals surface area contributed by atoms with Gasteiger partial charge in [-0.25, -0.2) is 9.59 Å². The highest BCUT2D eigenvalue weighted by molar-refractivity contribution is 5.81. The lowest BCUT2D eigenvalue weighted by Gasteiger charge is -2.23. The molecule has 0 fully saturated rings. The van der Waals surface area contributed by atoms with Gasteiger partial charge >= 0.3 is 18.0 Å². The van der Waals surface area contributed by atoms with Crippen molar-refractivity contribution >= 4 is 23.7 Å². The third kappa shape index (κ3) is 7.42. The third-order valence-electron chi connectivity index (χ3n) is 3.64. The Bertz CT molecular complexity index is 596. The summed E-state index contributed by atoms with van der Waals surface area (Å²) in [6.07, 6.45) is 0.522. The number of hydrogen-bond acceptors (Lipinski definition) is 5. The highest BCUT2D eigenvalue weighted by Crippen LogP contribution is 2.20. The zero-order valence-electron chi connectivity index (χ0n) is 15.1. The van der Waals surface area contributed by atoms with E-state index >= 15 is 0 Å². The van der Waals surface area contributed by atoms with Gasteiger partial charge in [0.15, 0.2) is 0 Å². The highest BCUT2D eigenvalue weighted by Gasteiger charge is 2.22. The fourth-order valence-corrected chi connectivity index (χ4v) is 2.44. The van der Waals surface area contributed by atoms with E-state index in [1.807, 2.05) is 12.1 Å². The van der Waals surface area contributed by atoms with E-state index in [1.165, 1.54) is 0 Å². The Hall–Kier alpha value is -2.77. The van der Waals surface area contributed by atoms with Gasteiger partial charge in [-0.3, -0.25) is 4.79 Å². The molecule has 144 valence electrons. The minimum atomic E-state index is -1.32. The maximum atomic E-state index is 11.8. The number of rotatable bonds is 11. The lowest BCUT2D eigenvalue weighted by atomic mass is 10.1. The Kier molecular flexibility index (Phi) is 8.97. The van der Waals surface area contributed by atoms with Gasteiger partial charge in [0.2, 0.25) is 0 Å². The molecule has 1 amide bonds. The van der Waals surface area contributed by atoms with E-state index in [1.54, 1.807) is 12.1 Å². The number of hydrogen-bond donors (Lipinski definition) is 3. The molecule has 8 heteroatoms. The Morgan fingerprint density at radius 1 is 1.08 bits per heavy atom. The summed E-state index contributed by atoms with van der Waals surface area (Å²) in [6, 6.07) is 5.64. The molecule has 1 aromatic carbocycles. The summed E-state index contributed by atoms with van der Waals surface area (Å²) >= 11 is 0. The van der Waals surface area contributed by atoms with Crippen molar-refractivity contribution in [3.8, 4) is 5.75 Å². The van der Waals surface area contributed by atoms with Gasteiger partial charge in [-0.15, -0.1) is 0 Å². The number of carboxylic acid groups (broad SMARTS) is 2. The van der Waals surface area contributed by atoms with Crippen LogP contribution in [0.1, 0.15) is 39.5 Å². The van der Waals surface area contributed by atoms with Gasteiger partial charge in [-0.2, -0.15) is 0 Å². The summed E-state index contributed by atoms with van der Waals surface area (Å²) in [7, 11) is 0. The molecule has 0 radical (unpaired) electrons. The van der Waals surface area contributed by atoms with Crippen LogP contribution in [0, 0.1) is 0 Å². The van der Waals surface area contributed by atoms with Crippen molar-refractivity contribution in [2.45, 2.75) is 45.6 Å². The van der Waals surface area contributed by atoms with Crippen LogP contribution >= 0.6 is 0 Å². The molecule has 0 saturated carbocycles. The van der Waals surface area contributed by atoms with Crippen LogP contribution in [0.3, 0.4) is 0 Å². The van der Waals surface area contributed by atoms with Crippen molar-refractivity contribution in [2.75, 3.05) is 18.0 Å². The topological polar surface area (TPSA) is 116 Å². The molecule has 26 heavy (non-hydrogen) atoms. The summed E-state index contributed by atoms with van der Waals surface area (Å²) in [4.78, 5) is 35.7. The van der Waals surface area contributed by atoms with Crippen LogP contribution in [0.5, 0.6) is 5.75 Å². The summed E-state index contributed by atoms with van der Waals surface area (Å²) < 4.78 is 5.08. The summed E-state index contributed by atoms with van der Waals surface area (Å²) in [5.41, 5.74) is 1.02. The molecule has 1 atom stereocenters. The molecule has 0 spiro atoms. The van der Waals surface area contributed by atoms with Crippen LogP contribution in [0.15, 0.2) is 24.3 Å². The zero-order chi connectivity index (χ0) is 19.5. The molecule has 0 saturated heterocycles. The van der Waals surface area contributed by atoms with E-state index in [4.69, 9.17) is 14.9 Å². The number of carbonyl (C=O) groups excluding carboxylic acids is 1. The van der Waals surface area contributed by atoms with Gasteiger partial charge < -0.3 is 25.2 Å². The second kappa shape index (κ2) is 11.0.